The van der Waals surface area contributed by atoms with Gasteiger partial charge in [-0.05, 0) is 42.0 Å². The number of thiophene rings is 1. The predicted molar refractivity (Wildman–Crippen MR) is 141 cm³/mol. The van der Waals surface area contributed by atoms with Gasteiger partial charge < -0.3 is 15.4 Å². The van der Waals surface area contributed by atoms with Crippen molar-refractivity contribution in [1.82, 2.24) is 0 Å². The van der Waals surface area contributed by atoms with Gasteiger partial charge in [-0.3, -0.25) is 9.59 Å². The van der Waals surface area contributed by atoms with E-state index in [0.29, 0.717) is 27.6 Å². The maximum absolute atomic E-state index is 12.6. The van der Waals surface area contributed by atoms with Gasteiger partial charge in [0.05, 0.1) is 18.4 Å². The lowest BCUT2D eigenvalue weighted by atomic mass is 10.1. The van der Waals surface area contributed by atoms with Gasteiger partial charge in [0, 0.05) is 27.1 Å². The number of nitriles is 1. The Morgan fingerprint density at radius 3 is 2.57 bits per heavy atom. The Hall–Kier alpha value is -4.06. The van der Waals surface area contributed by atoms with Crippen molar-refractivity contribution in [3.05, 3.63) is 95.4 Å². The van der Waals surface area contributed by atoms with Crippen LogP contribution in [0.15, 0.2) is 89.1 Å². The molecular formula is C27H21N3O3S2. The van der Waals surface area contributed by atoms with Crippen LogP contribution >= 0.6 is 23.1 Å². The van der Waals surface area contributed by atoms with E-state index in [2.05, 4.69) is 16.7 Å². The van der Waals surface area contributed by atoms with Gasteiger partial charge in [0.2, 0.25) is 5.91 Å². The van der Waals surface area contributed by atoms with E-state index in [9.17, 15) is 14.9 Å². The van der Waals surface area contributed by atoms with Gasteiger partial charge >= 0.3 is 0 Å². The standard InChI is InChI=1S/C27H21N3O3S2/c1-33-21-11-5-9-19(13-21)26(32)29-20-10-6-12-22(14-20)34-17-25(31)30-27-23(15-28)24(16-35-27)18-7-3-2-4-8-18/h2-14,16H,17H2,1H3,(H,29,32)(H,30,31). The molecule has 0 atom stereocenters. The summed E-state index contributed by atoms with van der Waals surface area (Å²) >= 11 is 2.68. The molecule has 0 aliphatic heterocycles. The van der Waals surface area contributed by atoms with Gasteiger partial charge in [-0.15, -0.1) is 23.1 Å². The highest BCUT2D eigenvalue weighted by Crippen LogP contribution is 2.35. The lowest BCUT2D eigenvalue weighted by Gasteiger charge is -2.09. The summed E-state index contributed by atoms with van der Waals surface area (Å²) in [5.41, 5.74) is 3.31. The first-order chi connectivity index (χ1) is 17.1. The van der Waals surface area contributed by atoms with Crippen LogP contribution in [0.1, 0.15) is 15.9 Å². The Bertz CT molecular complexity index is 1390. The normalized spacial score (nSPS) is 10.3. The molecule has 6 nitrogen and oxygen atoms in total. The van der Waals surface area contributed by atoms with Crippen molar-refractivity contribution in [2.45, 2.75) is 4.90 Å². The van der Waals surface area contributed by atoms with Gasteiger partial charge in [0.15, 0.2) is 0 Å². The van der Waals surface area contributed by atoms with Crippen LogP contribution in [-0.4, -0.2) is 24.7 Å². The molecule has 174 valence electrons. The molecule has 2 N–H and O–H groups in total. The number of amides is 2. The molecule has 0 saturated heterocycles. The van der Waals surface area contributed by atoms with Gasteiger partial charge in [0.1, 0.15) is 16.8 Å². The van der Waals surface area contributed by atoms with Crippen molar-refractivity contribution in [3.63, 3.8) is 0 Å². The fourth-order valence-corrected chi connectivity index (χ4v) is 5.02. The predicted octanol–water partition coefficient (Wildman–Crippen LogP) is 6.28. The minimum Gasteiger partial charge on any atom is -0.497 e. The van der Waals surface area contributed by atoms with Crippen LogP contribution in [-0.2, 0) is 4.79 Å². The molecule has 0 fully saturated rings. The maximum Gasteiger partial charge on any atom is 0.255 e. The first-order valence-electron chi connectivity index (χ1n) is 10.6. The second-order valence-electron chi connectivity index (χ2n) is 7.38. The fourth-order valence-electron chi connectivity index (χ4n) is 3.33. The van der Waals surface area contributed by atoms with Gasteiger partial charge in [0.25, 0.3) is 5.91 Å². The molecule has 3 aromatic carbocycles. The number of ether oxygens (including phenoxy) is 1. The number of rotatable bonds is 8. The summed E-state index contributed by atoms with van der Waals surface area (Å²) < 4.78 is 5.17. The zero-order chi connectivity index (χ0) is 24.6. The van der Waals surface area contributed by atoms with Crippen molar-refractivity contribution >= 4 is 45.6 Å². The largest absolute Gasteiger partial charge is 0.497 e. The summed E-state index contributed by atoms with van der Waals surface area (Å²) in [6, 6.07) is 26.0. The monoisotopic (exact) mass is 499 g/mol. The van der Waals surface area contributed by atoms with E-state index in [1.165, 1.54) is 23.1 Å². The number of nitrogens with zero attached hydrogens (tertiary/aromatic N) is 1. The van der Waals surface area contributed by atoms with E-state index in [0.717, 1.165) is 16.0 Å². The lowest BCUT2D eigenvalue weighted by Crippen LogP contribution is -2.14. The third-order valence-electron chi connectivity index (χ3n) is 5.03. The first kappa shape index (κ1) is 24.1. The van der Waals surface area contributed by atoms with Crippen molar-refractivity contribution in [2.75, 3.05) is 23.5 Å². The van der Waals surface area contributed by atoms with E-state index < -0.39 is 0 Å². The number of carbonyl (C=O) groups is 2. The molecule has 2 amide bonds. The Morgan fingerprint density at radius 1 is 1.00 bits per heavy atom. The van der Waals surface area contributed by atoms with Crippen LogP contribution in [0.5, 0.6) is 5.75 Å². The summed E-state index contributed by atoms with van der Waals surface area (Å²) in [4.78, 5) is 26.0. The van der Waals surface area contributed by atoms with Crippen molar-refractivity contribution < 1.29 is 14.3 Å². The minimum atomic E-state index is -0.250. The van der Waals surface area contributed by atoms with E-state index in [4.69, 9.17) is 4.74 Å². The molecule has 8 heteroatoms. The molecule has 1 heterocycles. The smallest absolute Gasteiger partial charge is 0.255 e. The van der Waals surface area contributed by atoms with Gasteiger partial charge in [-0.1, -0.05) is 42.5 Å². The first-order valence-corrected chi connectivity index (χ1v) is 12.5. The van der Waals surface area contributed by atoms with E-state index >= 15 is 0 Å². The van der Waals surface area contributed by atoms with Gasteiger partial charge in [-0.25, -0.2) is 0 Å². The highest BCUT2D eigenvalue weighted by molar-refractivity contribution is 8.00. The average molecular weight is 500 g/mol. The molecule has 0 spiro atoms. The zero-order valence-corrected chi connectivity index (χ0v) is 20.4. The van der Waals surface area contributed by atoms with Crippen LogP contribution < -0.4 is 15.4 Å². The maximum atomic E-state index is 12.6. The molecule has 0 bridgehead atoms. The number of hydrogen-bond donors (Lipinski definition) is 2. The minimum absolute atomic E-state index is 0.163. The highest BCUT2D eigenvalue weighted by Gasteiger charge is 2.15. The van der Waals surface area contributed by atoms with Gasteiger partial charge in [-0.2, -0.15) is 5.26 Å². The molecule has 0 unspecified atom stereocenters. The SMILES string of the molecule is COc1cccc(C(=O)Nc2cccc(SCC(=O)Nc3scc(-c4ccccc4)c3C#N)c2)c1. The number of methoxy groups -OCH3 is 1. The highest BCUT2D eigenvalue weighted by atomic mass is 32.2. The molecule has 0 radical (unpaired) electrons. The molecule has 0 aliphatic carbocycles. The number of hydrogen-bond acceptors (Lipinski definition) is 6. The molecule has 4 rings (SSSR count). The van der Waals surface area contributed by atoms with Crippen LogP contribution in [0, 0.1) is 11.3 Å². The average Bonchev–Trinajstić information content (AvgIpc) is 3.30. The lowest BCUT2D eigenvalue weighted by molar-refractivity contribution is -0.113. The van der Waals surface area contributed by atoms with E-state index in [-0.39, 0.29) is 17.6 Å². The molecule has 4 aromatic rings. The second-order valence-corrected chi connectivity index (χ2v) is 9.31. The number of thioether (sulfide) groups is 1. The number of benzene rings is 3. The van der Waals surface area contributed by atoms with Crippen LogP contribution in [0.25, 0.3) is 11.1 Å². The Balaban J connectivity index is 1.37. The van der Waals surface area contributed by atoms with Crippen LogP contribution in [0.3, 0.4) is 0 Å². The molecular weight excluding hydrogens is 478 g/mol. The van der Waals surface area contributed by atoms with Crippen molar-refractivity contribution in [2.24, 2.45) is 0 Å². The summed E-state index contributed by atoms with van der Waals surface area (Å²) in [6.07, 6.45) is 0. The molecule has 0 saturated carbocycles. The summed E-state index contributed by atoms with van der Waals surface area (Å²) in [6.45, 7) is 0. The number of nitrogens with one attached hydrogen (secondary N) is 2. The number of carbonyl (C=O) groups excluding carboxylic acids is 2. The van der Waals surface area contributed by atoms with Crippen LogP contribution in [0.2, 0.25) is 0 Å². The molecule has 1 aromatic heterocycles. The summed E-state index contributed by atoms with van der Waals surface area (Å²) in [7, 11) is 1.55. The molecule has 35 heavy (non-hydrogen) atoms. The fraction of sp³-hybridized carbons (Fsp3) is 0.0741. The van der Waals surface area contributed by atoms with Crippen LogP contribution in [0.4, 0.5) is 10.7 Å². The zero-order valence-electron chi connectivity index (χ0n) is 18.8. The Labute approximate surface area is 211 Å². The Morgan fingerprint density at radius 2 is 1.80 bits per heavy atom. The quantitative estimate of drug-likeness (QED) is 0.279. The van der Waals surface area contributed by atoms with Crippen molar-refractivity contribution in [3.8, 4) is 22.9 Å². The summed E-state index contributed by atoms with van der Waals surface area (Å²) in [5, 5.41) is 17.8. The van der Waals surface area contributed by atoms with Crippen molar-refractivity contribution in [1.29, 1.82) is 5.26 Å². The van der Waals surface area contributed by atoms with E-state index in [1.54, 1.807) is 37.4 Å². The summed E-state index contributed by atoms with van der Waals surface area (Å²) in [5.74, 6) is 0.309. The topological polar surface area (TPSA) is 91.2 Å². The third kappa shape index (κ3) is 6.09. The van der Waals surface area contributed by atoms with E-state index in [1.807, 2.05) is 53.9 Å². The number of anilines is 2. The molecule has 0 aliphatic rings. The third-order valence-corrected chi connectivity index (χ3v) is 6.92. The Kier molecular flexibility index (Phi) is 7.83. The second kappa shape index (κ2) is 11.4.